The topological polar surface area (TPSA) is 135 Å². The van der Waals surface area contributed by atoms with Crippen molar-refractivity contribution in [3.05, 3.63) is 18.2 Å². The third-order valence-electron chi connectivity index (χ3n) is 4.00. The lowest BCUT2D eigenvalue weighted by Gasteiger charge is -2.35. The van der Waals surface area contributed by atoms with Crippen molar-refractivity contribution in [3.63, 3.8) is 0 Å². The molecule has 0 aliphatic carbocycles. The van der Waals surface area contributed by atoms with Crippen molar-refractivity contribution in [2.24, 2.45) is 5.73 Å². The summed E-state index contributed by atoms with van der Waals surface area (Å²) in [7, 11) is -3.16. The third-order valence-corrected chi connectivity index (χ3v) is 4.73. The zero-order chi connectivity index (χ0) is 18.0. The first kappa shape index (κ1) is 17.6. The van der Waals surface area contributed by atoms with Crippen LogP contribution in [0.3, 0.4) is 0 Å². The molecule has 136 valence electrons. The van der Waals surface area contributed by atoms with E-state index in [0.29, 0.717) is 43.1 Å². The van der Waals surface area contributed by atoms with Crippen LogP contribution in [0.1, 0.15) is 10.6 Å². The molecule has 0 unspecified atom stereocenters. The number of fused-ring (bicyclic) bond motifs is 1. The number of sulfonamides is 1. The Morgan fingerprint density at radius 3 is 2.68 bits per heavy atom. The van der Waals surface area contributed by atoms with Crippen molar-refractivity contribution >= 4 is 32.8 Å². The number of primary amides is 1. The summed E-state index contributed by atoms with van der Waals surface area (Å²) >= 11 is 0. The van der Waals surface area contributed by atoms with E-state index in [4.69, 9.17) is 10.2 Å². The van der Waals surface area contributed by atoms with Crippen LogP contribution in [0.4, 0.5) is 5.82 Å². The molecule has 25 heavy (non-hydrogen) atoms. The highest BCUT2D eigenvalue weighted by atomic mass is 32.2. The predicted molar refractivity (Wildman–Crippen MR) is 91.8 cm³/mol. The molecule has 1 aliphatic rings. The molecule has 1 fully saturated rings. The Hall–Kier alpha value is -2.24. The van der Waals surface area contributed by atoms with Crippen LogP contribution in [0.25, 0.3) is 11.1 Å². The van der Waals surface area contributed by atoms with Gasteiger partial charge in [-0.05, 0) is 0 Å². The molecule has 3 N–H and O–H groups in total. The number of aromatic nitrogens is 2. The number of nitrogens with zero attached hydrogens (tertiary/aromatic N) is 4. The number of carbonyl (C=O) groups is 1. The lowest BCUT2D eigenvalue weighted by atomic mass is 10.3. The van der Waals surface area contributed by atoms with Gasteiger partial charge < -0.3 is 15.1 Å². The van der Waals surface area contributed by atoms with Crippen LogP contribution in [-0.2, 0) is 10.0 Å². The fraction of sp³-hybridized carbons (Fsp3) is 0.500. The number of hydrogen-bond donors (Lipinski definition) is 2. The van der Waals surface area contributed by atoms with Crippen LogP contribution >= 0.6 is 0 Å². The maximum atomic E-state index is 11.3. The Kier molecular flexibility index (Phi) is 4.88. The van der Waals surface area contributed by atoms with Gasteiger partial charge in [-0.2, -0.15) is 0 Å². The van der Waals surface area contributed by atoms with E-state index in [-0.39, 0.29) is 5.76 Å². The minimum atomic E-state index is -3.16. The normalized spacial score (nSPS) is 16.4. The van der Waals surface area contributed by atoms with Crippen molar-refractivity contribution in [1.29, 1.82) is 0 Å². The van der Waals surface area contributed by atoms with Gasteiger partial charge >= 0.3 is 0 Å². The highest BCUT2D eigenvalue weighted by molar-refractivity contribution is 7.88. The molecule has 0 bridgehead atoms. The Bertz CT molecular complexity index is 873. The summed E-state index contributed by atoms with van der Waals surface area (Å²) in [5.41, 5.74) is 6.24. The molecule has 0 saturated carbocycles. The van der Waals surface area contributed by atoms with Gasteiger partial charge in [0.15, 0.2) is 17.2 Å². The van der Waals surface area contributed by atoms with Gasteiger partial charge in [0.1, 0.15) is 11.8 Å². The van der Waals surface area contributed by atoms with Crippen molar-refractivity contribution in [2.75, 3.05) is 50.4 Å². The standard InChI is InChI=1S/C14H20N6O4S/c1-25(22,23)18-2-3-19-4-6-20(7-5-19)14-12-10(16-9-17-14)8-11(24-12)13(15)21/h8-9,18H,2-7H2,1H3,(H2,15,21). The lowest BCUT2D eigenvalue weighted by molar-refractivity contribution is 0.0976. The summed E-state index contributed by atoms with van der Waals surface area (Å²) in [6.07, 6.45) is 2.58. The number of nitrogens with one attached hydrogen (secondary N) is 1. The molecule has 1 amide bonds. The molecule has 0 radical (unpaired) electrons. The van der Waals surface area contributed by atoms with Crippen LogP contribution in [0, 0.1) is 0 Å². The molecular formula is C14H20N6O4S. The molecule has 0 spiro atoms. The summed E-state index contributed by atoms with van der Waals surface area (Å²) in [6, 6.07) is 1.51. The highest BCUT2D eigenvalue weighted by Crippen LogP contribution is 2.26. The van der Waals surface area contributed by atoms with E-state index >= 15 is 0 Å². The smallest absolute Gasteiger partial charge is 0.284 e. The number of carbonyl (C=O) groups excluding carboxylic acids is 1. The summed E-state index contributed by atoms with van der Waals surface area (Å²) in [6.45, 7) is 3.97. The molecule has 0 aromatic carbocycles. The first-order chi connectivity index (χ1) is 11.8. The average Bonchev–Trinajstić information content (AvgIpc) is 2.99. The van der Waals surface area contributed by atoms with E-state index in [1.165, 1.54) is 12.4 Å². The fourth-order valence-corrected chi connectivity index (χ4v) is 3.22. The fourth-order valence-electron chi connectivity index (χ4n) is 2.76. The number of nitrogens with two attached hydrogens (primary N) is 1. The quantitative estimate of drug-likeness (QED) is 0.662. The Labute approximate surface area is 145 Å². The largest absolute Gasteiger partial charge is 0.445 e. The zero-order valence-corrected chi connectivity index (χ0v) is 14.6. The SMILES string of the molecule is CS(=O)(=O)NCCN1CCN(c2ncnc3cc(C(N)=O)oc23)CC1. The number of furan rings is 1. The zero-order valence-electron chi connectivity index (χ0n) is 13.8. The molecule has 10 nitrogen and oxygen atoms in total. The minimum absolute atomic E-state index is 0.0576. The van der Waals surface area contributed by atoms with Crippen LogP contribution in [-0.4, -0.2) is 74.7 Å². The van der Waals surface area contributed by atoms with Crippen molar-refractivity contribution in [3.8, 4) is 0 Å². The van der Waals surface area contributed by atoms with Crippen LogP contribution in [0.15, 0.2) is 16.8 Å². The second-order valence-corrected chi connectivity index (χ2v) is 7.71. The van der Waals surface area contributed by atoms with E-state index in [9.17, 15) is 13.2 Å². The van der Waals surface area contributed by atoms with E-state index in [1.807, 2.05) is 0 Å². The van der Waals surface area contributed by atoms with Gasteiger partial charge in [-0.3, -0.25) is 9.69 Å². The summed E-state index contributed by atoms with van der Waals surface area (Å²) in [5, 5.41) is 0. The second kappa shape index (κ2) is 6.94. The summed E-state index contributed by atoms with van der Waals surface area (Å²) < 4.78 is 30.2. The summed E-state index contributed by atoms with van der Waals surface area (Å²) in [4.78, 5) is 23.9. The third kappa shape index (κ3) is 4.24. The summed E-state index contributed by atoms with van der Waals surface area (Å²) in [5.74, 6) is 0.0424. The molecule has 0 atom stereocenters. The molecule has 1 aliphatic heterocycles. The van der Waals surface area contributed by atoms with E-state index in [2.05, 4.69) is 24.5 Å². The van der Waals surface area contributed by atoms with E-state index in [1.54, 1.807) is 0 Å². The van der Waals surface area contributed by atoms with Gasteiger partial charge in [0, 0.05) is 45.3 Å². The van der Waals surface area contributed by atoms with Crippen molar-refractivity contribution in [1.82, 2.24) is 19.6 Å². The van der Waals surface area contributed by atoms with Crippen LogP contribution in [0.2, 0.25) is 0 Å². The number of piperazine rings is 1. The number of amides is 1. The first-order valence-electron chi connectivity index (χ1n) is 7.80. The maximum Gasteiger partial charge on any atom is 0.284 e. The van der Waals surface area contributed by atoms with Crippen LogP contribution < -0.4 is 15.4 Å². The number of anilines is 1. The van der Waals surface area contributed by atoms with Gasteiger partial charge in [0.2, 0.25) is 10.0 Å². The van der Waals surface area contributed by atoms with Gasteiger partial charge in [-0.15, -0.1) is 0 Å². The number of rotatable bonds is 6. The second-order valence-electron chi connectivity index (χ2n) is 5.88. The number of hydrogen-bond acceptors (Lipinski definition) is 8. The molecule has 3 rings (SSSR count). The minimum Gasteiger partial charge on any atom is -0.445 e. The van der Waals surface area contributed by atoms with E-state index < -0.39 is 15.9 Å². The highest BCUT2D eigenvalue weighted by Gasteiger charge is 2.22. The van der Waals surface area contributed by atoms with Gasteiger partial charge in [-0.25, -0.2) is 23.1 Å². The van der Waals surface area contributed by atoms with Gasteiger partial charge in [0.25, 0.3) is 5.91 Å². The Morgan fingerprint density at radius 1 is 1.32 bits per heavy atom. The van der Waals surface area contributed by atoms with E-state index in [0.717, 1.165) is 19.3 Å². The van der Waals surface area contributed by atoms with Gasteiger partial charge in [-0.1, -0.05) is 0 Å². The molecule has 3 heterocycles. The molecule has 11 heteroatoms. The Balaban J connectivity index is 1.65. The predicted octanol–water partition coefficient (Wildman–Crippen LogP) is -1.01. The Morgan fingerprint density at radius 2 is 2.04 bits per heavy atom. The molecular weight excluding hydrogens is 348 g/mol. The average molecular weight is 368 g/mol. The molecule has 2 aromatic rings. The van der Waals surface area contributed by atoms with Gasteiger partial charge in [0.05, 0.1) is 6.26 Å². The van der Waals surface area contributed by atoms with Crippen molar-refractivity contribution < 1.29 is 17.6 Å². The first-order valence-corrected chi connectivity index (χ1v) is 9.69. The lowest BCUT2D eigenvalue weighted by Crippen LogP contribution is -2.48. The maximum absolute atomic E-state index is 11.3. The van der Waals surface area contributed by atoms with Crippen LogP contribution in [0.5, 0.6) is 0 Å². The molecule has 2 aromatic heterocycles. The monoisotopic (exact) mass is 368 g/mol. The van der Waals surface area contributed by atoms with Crippen molar-refractivity contribution in [2.45, 2.75) is 0 Å². The molecule has 1 saturated heterocycles.